The first-order valence-corrected chi connectivity index (χ1v) is 17.4. The Morgan fingerprint density at radius 3 is 2.48 bits per heavy atom. The molecule has 0 unspecified atom stereocenters. The molecule has 3 aromatic rings. The number of benzene rings is 2. The maximum absolute atomic E-state index is 13.7. The molecule has 2 heterocycles. The molecule has 1 aliphatic heterocycles. The molecule has 0 saturated heterocycles. The molecular formula is C36H48ClN7O6. The summed E-state index contributed by atoms with van der Waals surface area (Å²) in [5.74, 6) is 0.803. The number of nitrogens with one attached hydrogen (secondary N) is 3. The van der Waals surface area contributed by atoms with Crippen LogP contribution in [0, 0.1) is 5.92 Å². The van der Waals surface area contributed by atoms with Crippen molar-refractivity contribution in [1.82, 2.24) is 35.6 Å². The van der Waals surface area contributed by atoms with Gasteiger partial charge in [-0.3, -0.25) is 19.2 Å². The number of ether oxygens (including phenoxy) is 2. The highest BCUT2D eigenvalue weighted by Gasteiger charge is 2.29. The van der Waals surface area contributed by atoms with Crippen LogP contribution in [-0.2, 0) is 38.6 Å². The van der Waals surface area contributed by atoms with Crippen LogP contribution in [0.15, 0.2) is 42.5 Å². The van der Waals surface area contributed by atoms with Crippen LogP contribution in [0.5, 0.6) is 11.5 Å². The number of carbonyl (C=O) groups excluding carboxylic acids is 4. The van der Waals surface area contributed by atoms with Gasteiger partial charge >= 0.3 is 0 Å². The summed E-state index contributed by atoms with van der Waals surface area (Å²) in [5, 5.41) is 14.0. The summed E-state index contributed by atoms with van der Waals surface area (Å²) in [6, 6.07) is 11.3. The van der Waals surface area contributed by atoms with E-state index >= 15 is 0 Å². The van der Waals surface area contributed by atoms with E-state index in [-0.39, 0.29) is 48.9 Å². The Bertz CT molecular complexity index is 1650. The number of nitrogens with zero attached hydrogens (tertiary/aromatic N) is 4. The van der Waals surface area contributed by atoms with Gasteiger partial charge in [-0.05, 0) is 55.0 Å². The van der Waals surface area contributed by atoms with E-state index in [0.29, 0.717) is 73.5 Å². The predicted molar refractivity (Wildman–Crippen MR) is 189 cm³/mol. The summed E-state index contributed by atoms with van der Waals surface area (Å²) in [6.45, 7) is 6.55. The van der Waals surface area contributed by atoms with E-state index in [1.807, 2.05) is 44.2 Å². The third-order valence-corrected chi connectivity index (χ3v) is 9.19. The second-order valence-electron chi connectivity index (χ2n) is 12.5. The zero-order valence-electron chi connectivity index (χ0n) is 29.5. The van der Waals surface area contributed by atoms with Gasteiger partial charge in [-0.1, -0.05) is 56.1 Å². The Kier molecular flexibility index (Phi) is 14.0. The summed E-state index contributed by atoms with van der Waals surface area (Å²) in [4.78, 5) is 59.8. The standard InChI is InChI=1S/C36H48ClN7O6/c1-6-23(2)34-36(48)39-24(3)35-40-30(20-25-14-15-28(49-4)29(19-25)50-5)42-44(35)22-32(46)38-16-10-18-43(17-9-13-31(45)41-34)33(47)21-26-11-7-8-12-27(26)37/h7-8,11-12,14-15,19,23-24,34H,6,9-10,13,16-18,20-22H2,1-5H3,(H,38,46)(H,39,48)(H,41,45)/t23-,24+,34-/m0/s1. The van der Waals surface area contributed by atoms with Crippen molar-refractivity contribution in [3.8, 4) is 11.5 Å². The summed E-state index contributed by atoms with van der Waals surface area (Å²) in [6.07, 6.45) is 2.16. The molecule has 1 aromatic heterocycles. The van der Waals surface area contributed by atoms with E-state index in [1.165, 1.54) is 4.68 Å². The van der Waals surface area contributed by atoms with Crippen molar-refractivity contribution in [3.63, 3.8) is 0 Å². The van der Waals surface area contributed by atoms with Gasteiger partial charge in [0.2, 0.25) is 23.6 Å². The first kappa shape index (κ1) is 38.2. The molecule has 0 spiro atoms. The van der Waals surface area contributed by atoms with Crippen molar-refractivity contribution in [2.24, 2.45) is 5.92 Å². The van der Waals surface area contributed by atoms with E-state index in [2.05, 4.69) is 21.0 Å². The number of hydrogen-bond donors (Lipinski definition) is 3. The van der Waals surface area contributed by atoms with Gasteiger partial charge in [0.05, 0.1) is 26.7 Å². The largest absolute Gasteiger partial charge is 0.493 e. The minimum atomic E-state index is -0.794. The highest BCUT2D eigenvalue weighted by molar-refractivity contribution is 6.31. The van der Waals surface area contributed by atoms with Crippen LogP contribution in [0.25, 0.3) is 0 Å². The van der Waals surface area contributed by atoms with Gasteiger partial charge in [0, 0.05) is 37.5 Å². The third kappa shape index (κ3) is 10.4. The molecular weight excluding hydrogens is 662 g/mol. The lowest BCUT2D eigenvalue weighted by atomic mass is 9.97. The Labute approximate surface area is 298 Å². The van der Waals surface area contributed by atoms with Crippen LogP contribution in [0.1, 0.15) is 75.3 Å². The average Bonchev–Trinajstić information content (AvgIpc) is 3.49. The van der Waals surface area contributed by atoms with E-state index in [0.717, 1.165) is 11.1 Å². The number of hydrogen-bond acceptors (Lipinski definition) is 8. The van der Waals surface area contributed by atoms with Crippen LogP contribution >= 0.6 is 11.6 Å². The van der Waals surface area contributed by atoms with Crippen molar-refractivity contribution in [2.45, 2.75) is 77.9 Å². The fourth-order valence-electron chi connectivity index (χ4n) is 5.80. The maximum Gasteiger partial charge on any atom is 0.243 e. The molecule has 50 heavy (non-hydrogen) atoms. The molecule has 14 heteroatoms. The normalized spacial score (nSPS) is 18.8. The minimum absolute atomic E-state index is 0.118. The van der Waals surface area contributed by atoms with Crippen LogP contribution in [0.4, 0.5) is 0 Å². The van der Waals surface area contributed by atoms with Gasteiger partial charge < -0.3 is 30.3 Å². The summed E-state index contributed by atoms with van der Waals surface area (Å²) in [7, 11) is 3.13. The first-order valence-electron chi connectivity index (χ1n) is 17.0. The Balaban J connectivity index is 1.58. The molecule has 4 rings (SSSR count). The fourth-order valence-corrected chi connectivity index (χ4v) is 6.00. The lowest BCUT2D eigenvalue weighted by molar-refractivity contribution is -0.132. The highest BCUT2D eigenvalue weighted by atomic mass is 35.5. The zero-order valence-corrected chi connectivity index (χ0v) is 30.2. The van der Waals surface area contributed by atoms with E-state index in [1.54, 1.807) is 38.2 Å². The zero-order chi connectivity index (χ0) is 36.2. The molecule has 0 saturated carbocycles. The number of carbonyl (C=O) groups is 4. The smallest absolute Gasteiger partial charge is 0.243 e. The number of rotatable bonds is 8. The second kappa shape index (κ2) is 18.4. The number of halogens is 1. The van der Waals surface area contributed by atoms with Crippen molar-refractivity contribution in [3.05, 3.63) is 70.3 Å². The summed E-state index contributed by atoms with van der Waals surface area (Å²) >= 11 is 6.32. The highest BCUT2D eigenvalue weighted by Crippen LogP contribution is 2.28. The Morgan fingerprint density at radius 1 is 1.02 bits per heavy atom. The Morgan fingerprint density at radius 2 is 1.76 bits per heavy atom. The quantitative estimate of drug-likeness (QED) is 0.320. The molecule has 0 radical (unpaired) electrons. The van der Waals surface area contributed by atoms with Crippen molar-refractivity contribution >= 4 is 35.2 Å². The molecule has 0 fully saturated rings. The molecule has 0 aliphatic carbocycles. The summed E-state index contributed by atoms with van der Waals surface area (Å²) < 4.78 is 12.3. The molecule has 0 bridgehead atoms. The predicted octanol–water partition coefficient (Wildman–Crippen LogP) is 3.62. The van der Waals surface area contributed by atoms with Gasteiger partial charge in [-0.15, -0.1) is 0 Å². The van der Waals surface area contributed by atoms with Crippen LogP contribution in [0.3, 0.4) is 0 Å². The van der Waals surface area contributed by atoms with Crippen molar-refractivity contribution < 1.29 is 28.7 Å². The van der Waals surface area contributed by atoms with Crippen LogP contribution in [0.2, 0.25) is 5.02 Å². The van der Waals surface area contributed by atoms with Crippen molar-refractivity contribution in [1.29, 1.82) is 0 Å². The first-order chi connectivity index (χ1) is 24.0. The SMILES string of the molecule is CC[C@H](C)[C@@H]1NC(=O)CCCN(C(=O)Cc2ccccc2Cl)CCCNC(=O)Cn2nc(Cc3ccc(OC)c(OC)c3)nc2[C@@H](C)NC1=O. The lowest BCUT2D eigenvalue weighted by Crippen LogP contribution is -2.51. The number of aromatic nitrogens is 3. The van der Waals surface area contributed by atoms with Gasteiger partial charge in [0.15, 0.2) is 17.3 Å². The lowest BCUT2D eigenvalue weighted by Gasteiger charge is -2.26. The molecule has 4 amide bonds. The van der Waals surface area contributed by atoms with Gasteiger partial charge in [0.25, 0.3) is 0 Å². The molecule has 2 aromatic carbocycles. The molecule has 1 aliphatic rings. The molecule has 3 N–H and O–H groups in total. The molecule has 270 valence electrons. The van der Waals surface area contributed by atoms with Gasteiger partial charge in [0.1, 0.15) is 18.4 Å². The number of amides is 4. The van der Waals surface area contributed by atoms with Gasteiger partial charge in [-0.2, -0.15) is 5.10 Å². The van der Waals surface area contributed by atoms with Crippen LogP contribution < -0.4 is 25.4 Å². The fraction of sp³-hybridized carbons (Fsp3) is 0.500. The second-order valence-corrected chi connectivity index (χ2v) is 12.9. The van der Waals surface area contributed by atoms with E-state index < -0.39 is 12.1 Å². The summed E-state index contributed by atoms with van der Waals surface area (Å²) in [5.41, 5.74) is 1.58. The Hall–Kier alpha value is -4.65. The van der Waals surface area contributed by atoms with E-state index in [9.17, 15) is 19.2 Å². The monoisotopic (exact) mass is 709 g/mol. The maximum atomic E-state index is 13.7. The number of fused-ring (bicyclic) bond motifs is 1. The van der Waals surface area contributed by atoms with Crippen molar-refractivity contribution in [2.75, 3.05) is 33.9 Å². The average molecular weight is 710 g/mol. The van der Waals surface area contributed by atoms with Gasteiger partial charge in [-0.25, -0.2) is 9.67 Å². The van der Waals surface area contributed by atoms with E-state index in [4.69, 9.17) is 26.1 Å². The molecule has 13 nitrogen and oxygen atoms in total. The number of methoxy groups -OCH3 is 2. The topological polar surface area (TPSA) is 157 Å². The van der Waals surface area contributed by atoms with Crippen LogP contribution in [-0.4, -0.2) is 83.2 Å². The third-order valence-electron chi connectivity index (χ3n) is 8.82. The minimum Gasteiger partial charge on any atom is -0.493 e. The molecule has 3 atom stereocenters.